The predicted octanol–water partition coefficient (Wildman–Crippen LogP) is 5.70. The fourth-order valence-electron chi connectivity index (χ4n) is 4.41. The number of benzene rings is 2. The molecule has 0 N–H and O–H groups in total. The third-order valence-corrected chi connectivity index (χ3v) is 5.93. The molecular weight excluding hydrogens is 271 g/mol. The SMILES string of the molecule is Fc1ccc(C(Cl)C2CC3CCC2C3)c2ccccc12. The van der Waals surface area contributed by atoms with Crippen molar-refractivity contribution in [2.45, 2.75) is 31.1 Å². The summed E-state index contributed by atoms with van der Waals surface area (Å²) in [5, 5.41) is 1.70. The molecule has 2 aromatic rings. The molecular formula is C18H18ClF. The van der Waals surface area contributed by atoms with Crippen molar-refractivity contribution in [3.05, 3.63) is 47.8 Å². The average molecular weight is 289 g/mol. The molecule has 2 aliphatic rings. The molecule has 0 aliphatic heterocycles. The van der Waals surface area contributed by atoms with E-state index in [1.165, 1.54) is 25.7 Å². The summed E-state index contributed by atoms with van der Waals surface area (Å²) in [6.45, 7) is 0. The first-order valence-electron chi connectivity index (χ1n) is 7.55. The van der Waals surface area contributed by atoms with E-state index < -0.39 is 0 Å². The van der Waals surface area contributed by atoms with Crippen LogP contribution in [-0.2, 0) is 0 Å². The molecule has 2 bridgehead atoms. The van der Waals surface area contributed by atoms with Gasteiger partial charge in [-0.25, -0.2) is 4.39 Å². The Hall–Kier alpha value is -1.08. The topological polar surface area (TPSA) is 0 Å². The molecule has 2 aliphatic carbocycles. The minimum absolute atomic E-state index is 0.0239. The van der Waals surface area contributed by atoms with Crippen molar-refractivity contribution in [3.63, 3.8) is 0 Å². The fourth-order valence-corrected chi connectivity index (χ4v) is 4.91. The van der Waals surface area contributed by atoms with E-state index in [4.69, 9.17) is 11.6 Å². The quantitative estimate of drug-likeness (QED) is 0.622. The summed E-state index contributed by atoms with van der Waals surface area (Å²) in [6.07, 6.45) is 5.32. The highest BCUT2D eigenvalue weighted by Gasteiger charge is 2.43. The van der Waals surface area contributed by atoms with E-state index in [-0.39, 0.29) is 11.2 Å². The van der Waals surface area contributed by atoms with E-state index in [1.54, 1.807) is 6.07 Å². The Morgan fingerprint density at radius 3 is 2.50 bits per heavy atom. The van der Waals surface area contributed by atoms with Crippen molar-refractivity contribution >= 4 is 22.4 Å². The summed E-state index contributed by atoms with van der Waals surface area (Å²) in [5.74, 6) is 2.09. The number of hydrogen-bond donors (Lipinski definition) is 0. The van der Waals surface area contributed by atoms with Gasteiger partial charge >= 0.3 is 0 Å². The minimum Gasteiger partial charge on any atom is -0.206 e. The normalized spacial score (nSPS) is 30.0. The minimum atomic E-state index is -0.152. The predicted molar refractivity (Wildman–Crippen MR) is 81.4 cm³/mol. The van der Waals surface area contributed by atoms with Gasteiger partial charge < -0.3 is 0 Å². The van der Waals surface area contributed by atoms with Gasteiger partial charge in [-0.05, 0) is 54.0 Å². The third kappa shape index (κ3) is 1.87. The van der Waals surface area contributed by atoms with Crippen molar-refractivity contribution in [3.8, 4) is 0 Å². The lowest BCUT2D eigenvalue weighted by molar-refractivity contribution is 0.324. The highest BCUT2D eigenvalue weighted by Crippen LogP contribution is 2.54. The molecule has 2 saturated carbocycles. The van der Waals surface area contributed by atoms with Gasteiger partial charge in [0, 0.05) is 5.39 Å². The van der Waals surface area contributed by atoms with Crippen molar-refractivity contribution in [2.24, 2.45) is 17.8 Å². The van der Waals surface area contributed by atoms with Gasteiger partial charge in [0.15, 0.2) is 0 Å². The van der Waals surface area contributed by atoms with Crippen molar-refractivity contribution in [1.29, 1.82) is 0 Å². The van der Waals surface area contributed by atoms with Crippen LogP contribution in [0.3, 0.4) is 0 Å². The number of fused-ring (bicyclic) bond motifs is 3. The van der Waals surface area contributed by atoms with Gasteiger partial charge in [-0.2, -0.15) is 0 Å². The van der Waals surface area contributed by atoms with E-state index in [0.29, 0.717) is 11.3 Å². The molecule has 0 amide bonds. The van der Waals surface area contributed by atoms with Gasteiger partial charge in [-0.15, -0.1) is 11.6 Å². The molecule has 4 unspecified atom stereocenters. The Morgan fingerprint density at radius 2 is 1.80 bits per heavy atom. The molecule has 0 spiro atoms. The molecule has 0 nitrogen and oxygen atoms in total. The van der Waals surface area contributed by atoms with Gasteiger partial charge in [-0.3, -0.25) is 0 Å². The highest BCUT2D eigenvalue weighted by atomic mass is 35.5. The van der Waals surface area contributed by atoms with Crippen LogP contribution in [0, 0.1) is 23.6 Å². The summed E-state index contributed by atoms with van der Waals surface area (Å²) in [7, 11) is 0. The maximum Gasteiger partial charge on any atom is 0.131 e. The van der Waals surface area contributed by atoms with Gasteiger partial charge in [0.1, 0.15) is 5.82 Å². The monoisotopic (exact) mass is 288 g/mol. The Labute approximate surface area is 123 Å². The van der Waals surface area contributed by atoms with Gasteiger partial charge in [0.2, 0.25) is 0 Å². The van der Waals surface area contributed by atoms with Crippen molar-refractivity contribution in [2.75, 3.05) is 0 Å². The zero-order valence-electron chi connectivity index (χ0n) is 11.4. The second-order valence-corrected chi connectivity index (χ2v) is 6.89. The van der Waals surface area contributed by atoms with Gasteiger partial charge in [0.25, 0.3) is 0 Å². The molecule has 104 valence electrons. The molecule has 4 rings (SSSR count). The first kappa shape index (κ1) is 12.6. The Kier molecular flexibility index (Phi) is 2.99. The van der Waals surface area contributed by atoms with Crippen LogP contribution in [0.25, 0.3) is 10.8 Å². The van der Waals surface area contributed by atoms with E-state index in [0.717, 1.165) is 22.8 Å². The average Bonchev–Trinajstić information content (AvgIpc) is 3.10. The lowest BCUT2D eigenvalue weighted by Crippen LogP contribution is -2.16. The van der Waals surface area contributed by atoms with Crippen LogP contribution in [0.1, 0.15) is 36.6 Å². The first-order chi connectivity index (χ1) is 9.74. The van der Waals surface area contributed by atoms with E-state index in [9.17, 15) is 4.39 Å². The zero-order chi connectivity index (χ0) is 13.7. The second-order valence-electron chi connectivity index (χ2n) is 6.42. The summed E-state index contributed by atoms with van der Waals surface area (Å²) < 4.78 is 13.9. The van der Waals surface area contributed by atoms with Crippen LogP contribution in [0.4, 0.5) is 4.39 Å². The second kappa shape index (κ2) is 4.73. The number of rotatable bonds is 2. The summed E-state index contributed by atoms with van der Waals surface area (Å²) >= 11 is 6.82. The van der Waals surface area contributed by atoms with E-state index >= 15 is 0 Å². The van der Waals surface area contributed by atoms with E-state index in [2.05, 4.69) is 0 Å². The smallest absolute Gasteiger partial charge is 0.131 e. The zero-order valence-corrected chi connectivity index (χ0v) is 12.1. The van der Waals surface area contributed by atoms with Gasteiger partial charge in [0.05, 0.1) is 5.38 Å². The lowest BCUT2D eigenvalue weighted by atomic mass is 9.83. The van der Waals surface area contributed by atoms with Gasteiger partial charge in [-0.1, -0.05) is 36.8 Å². The number of hydrogen-bond acceptors (Lipinski definition) is 0. The number of halogens is 2. The Morgan fingerprint density at radius 1 is 1.00 bits per heavy atom. The maximum atomic E-state index is 13.9. The van der Waals surface area contributed by atoms with Crippen molar-refractivity contribution in [1.82, 2.24) is 0 Å². The largest absolute Gasteiger partial charge is 0.206 e. The molecule has 0 saturated heterocycles. The van der Waals surface area contributed by atoms with Crippen molar-refractivity contribution < 1.29 is 4.39 Å². The molecule has 0 aromatic heterocycles. The van der Waals surface area contributed by atoms with Crippen LogP contribution in [0.5, 0.6) is 0 Å². The van der Waals surface area contributed by atoms with Crippen LogP contribution in [-0.4, -0.2) is 0 Å². The lowest BCUT2D eigenvalue weighted by Gasteiger charge is -2.27. The molecule has 2 heteroatoms. The summed E-state index contributed by atoms with van der Waals surface area (Å²) in [5.41, 5.74) is 1.11. The third-order valence-electron chi connectivity index (χ3n) is 5.37. The first-order valence-corrected chi connectivity index (χ1v) is 7.99. The highest BCUT2D eigenvalue weighted by molar-refractivity contribution is 6.22. The molecule has 4 atom stereocenters. The summed E-state index contributed by atoms with van der Waals surface area (Å²) in [6, 6.07) is 11.2. The molecule has 0 radical (unpaired) electrons. The Balaban J connectivity index is 1.77. The van der Waals surface area contributed by atoms with Crippen LogP contribution in [0.2, 0.25) is 0 Å². The molecule has 0 heterocycles. The molecule has 2 fully saturated rings. The maximum absolute atomic E-state index is 13.9. The van der Waals surface area contributed by atoms with E-state index in [1.807, 2.05) is 30.3 Å². The standard InChI is InChI=1S/C18H18ClF/c19-18(16-10-11-5-6-12(16)9-11)15-7-8-17(20)14-4-2-1-3-13(14)15/h1-4,7-8,11-12,16,18H,5-6,9-10H2. The van der Waals surface area contributed by atoms with Crippen LogP contribution in [0.15, 0.2) is 36.4 Å². The Bertz CT molecular complexity index is 651. The number of alkyl halides is 1. The molecule has 2 aromatic carbocycles. The summed E-state index contributed by atoms with van der Waals surface area (Å²) in [4.78, 5) is 0. The fraction of sp³-hybridized carbons (Fsp3) is 0.444. The molecule has 20 heavy (non-hydrogen) atoms. The van der Waals surface area contributed by atoms with Crippen LogP contribution < -0.4 is 0 Å². The van der Waals surface area contributed by atoms with Crippen LogP contribution >= 0.6 is 11.6 Å².